The van der Waals surface area contributed by atoms with Gasteiger partial charge in [0.1, 0.15) is 5.69 Å². The summed E-state index contributed by atoms with van der Waals surface area (Å²) in [5, 5.41) is 0.889. The number of halogens is 2. The molecule has 4 aromatic rings. The Kier molecular flexibility index (Phi) is 5.46. The van der Waals surface area contributed by atoms with E-state index < -0.39 is 24.4 Å². The van der Waals surface area contributed by atoms with Crippen LogP contribution in [0.15, 0.2) is 85.1 Å². The van der Waals surface area contributed by atoms with Crippen molar-refractivity contribution in [1.82, 2.24) is 14.9 Å². The summed E-state index contributed by atoms with van der Waals surface area (Å²) < 4.78 is 35.1. The van der Waals surface area contributed by atoms with Crippen LogP contribution in [0.3, 0.4) is 0 Å². The molecule has 1 aliphatic rings. The predicted octanol–water partition coefficient (Wildman–Crippen LogP) is 5.23. The number of benzene rings is 2. The average molecular weight is 445 g/mol. The van der Waals surface area contributed by atoms with Crippen LogP contribution in [0, 0.1) is 0 Å². The summed E-state index contributed by atoms with van der Waals surface area (Å²) >= 11 is 0. The summed E-state index contributed by atoms with van der Waals surface area (Å²) in [4.78, 5) is 23.3. The first kappa shape index (κ1) is 21.0. The number of carbonyl (C=O) groups is 1. The van der Waals surface area contributed by atoms with Gasteiger partial charge in [0.15, 0.2) is 6.10 Å². The van der Waals surface area contributed by atoms with Crippen LogP contribution >= 0.6 is 0 Å². The fourth-order valence-corrected chi connectivity index (χ4v) is 4.01. The molecule has 5 nitrogen and oxygen atoms in total. The maximum Gasteiger partial charge on any atom is 0.287 e. The Morgan fingerprint density at radius 2 is 1.76 bits per heavy atom. The molecule has 0 N–H and O–H groups in total. The minimum absolute atomic E-state index is 0.0817. The van der Waals surface area contributed by atoms with E-state index in [2.05, 4.69) is 9.97 Å². The summed E-state index contributed by atoms with van der Waals surface area (Å²) in [6.07, 6.45) is -0.469. The van der Waals surface area contributed by atoms with Gasteiger partial charge in [0.2, 0.25) is 5.88 Å². The van der Waals surface area contributed by atoms with E-state index in [-0.39, 0.29) is 24.7 Å². The number of nitrogens with zero attached hydrogens (tertiary/aromatic N) is 3. The minimum Gasteiger partial charge on any atom is -0.466 e. The van der Waals surface area contributed by atoms with Crippen LogP contribution in [0.5, 0.6) is 5.88 Å². The number of pyridine rings is 2. The molecule has 0 spiro atoms. The van der Waals surface area contributed by atoms with Crippen molar-refractivity contribution in [2.45, 2.75) is 18.4 Å². The highest BCUT2D eigenvalue weighted by molar-refractivity contribution is 5.99. The number of piperidine rings is 1. The Labute approximate surface area is 189 Å². The van der Waals surface area contributed by atoms with Crippen LogP contribution in [0.1, 0.15) is 16.9 Å². The number of aromatic nitrogens is 2. The molecule has 1 amide bonds. The van der Waals surface area contributed by atoms with Crippen LogP contribution < -0.4 is 4.74 Å². The second kappa shape index (κ2) is 8.58. The zero-order valence-corrected chi connectivity index (χ0v) is 17.7. The molecule has 166 valence electrons. The molecule has 5 rings (SSSR count). The van der Waals surface area contributed by atoms with E-state index in [9.17, 15) is 13.6 Å². The Morgan fingerprint density at radius 1 is 0.970 bits per heavy atom. The van der Waals surface area contributed by atoms with E-state index in [4.69, 9.17) is 4.74 Å². The highest BCUT2D eigenvalue weighted by Crippen LogP contribution is 2.33. The third-order valence-electron chi connectivity index (χ3n) is 5.79. The third kappa shape index (κ3) is 4.26. The van der Waals surface area contributed by atoms with Crippen molar-refractivity contribution >= 4 is 16.8 Å². The number of para-hydroxylation sites is 1. The number of carbonyl (C=O) groups excluding carboxylic acids is 1. The van der Waals surface area contributed by atoms with Crippen molar-refractivity contribution in [2.75, 3.05) is 13.1 Å². The van der Waals surface area contributed by atoms with Gasteiger partial charge >= 0.3 is 0 Å². The largest absolute Gasteiger partial charge is 0.466 e. The van der Waals surface area contributed by atoms with Gasteiger partial charge in [0, 0.05) is 36.2 Å². The Bertz CT molecular complexity index is 1300. The monoisotopic (exact) mass is 445 g/mol. The van der Waals surface area contributed by atoms with E-state index in [1.165, 1.54) is 11.1 Å². The van der Waals surface area contributed by atoms with Gasteiger partial charge in [-0.1, -0.05) is 54.6 Å². The van der Waals surface area contributed by atoms with Crippen LogP contribution in [-0.2, 0) is 0 Å². The van der Waals surface area contributed by atoms with Crippen molar-refractivity contribution in [3.63, 3.8) is 0 Å². The molecule has 1 aliphatic heterocycles. The van der Waals surface area contributed by atoms with Gasteiger partial charge in [-0.25, -0.2) is 13.8 Å². The normalized spacial score (nSPS) is 17.6. The van der Waals surface area contributed by atoms with Crippen LogP contribution in [0.25, 0.3) is 22.0 Å². The highest BCUT2D eigenvalue weighted by Gasteiger charge is 2.47. The summed E-state index contributed by atoms with van der Waals surface area (Å²) in [6.45, 7) is -0.340. The molecule has 0 unspecified atom stereocenters. The van der Waals surface area contributed by atoms with E-state index in [1.54, 1.807) is 30.3 Å². The Balaban J connectivity index is 1.40. The maximum atomic E-state index is 14.7. The zero-order chi connectivity index (χ0) is 22.8. The van der Waals surface area contributed by atoms with Crippen molar-refractivity contribution in [2.24, 2.45) is 0 Å². The molecular weight excluding hydrogens is 424 g/mol. The number of alkyl halides is 2. The average Bonchev–Trinajstić information content (AvgIpc) is 2.85. The maximum absolute atomic E-state index is 14.7. The fraction of sp³-hybridized carbons (Fsp3) is 0.192. The quantitative estimate of drug-likeness (QED) is 0.432. The number of hydrogen-bond donors (Lipinski definition) is 0. The topological polar surface area (TPSA) is 55.3 Å². The zero-order valence-electron chi connectivity index (χ0n) is 17.7. The van der Waals surface area contributed by atoms with Gasteiger partial charge in [-0.15, -0.1) is 0 Å². The molecule has 33 heavy (non-hydrogen) atoms. The molecule has 1 atom stereocenters. The summed E-state index contributed by atoms with van der Waals surface area (Å²) in [6, 6.07) is 23.7. The summed E-state index contributed by atoms with van der Waals surface area (Å²) in [5.41, 5.74) is 2.39. The van der Waals surface area contributed by atoms with E-state index >= 15 is 0 Å². The SMILES string of the molecule is O=C(c1ncccc1-c1ccccc1)N1CCC(F)(F)[C@@H](Oc2ccc3ccccc3n2)C1. The number of hydrogen-bond acceptors (Lipinski definition) is 4. The number of fused-ring (bicyclic) bond motifs is 1. The lowest BCUT2D eigenvalue weighted by Crippen LogP contribution is -2.55. The van der Waals surface area contributed by atoms with Crippen LogP contribution in [0.2, 0.25) is 0 Å². The molecule has 2 aromatic heterocycles. The standard InChI is InChI=1S/C26H21F2N3O2/c27-26(28)14-16-31(17-22(26)33-23-13-12-19-9-4-5-11-21(19)30-23)25(32)24-20(10-6-15-29-24)18-7-2-1-3-8-18/h1-13,15,22H,14,16-17H2/t22-/m0/s1. The van der Waals surface area contributed by atoms with Gasteiger partial charge in [-0.2, -0.15) is 0 Å². The van der Waals surface area contributed by atoms with Gasteiger partial charge in [0.25, 0.3) is 11.8 Å². The molecule has 0 aliphatic carbocycles. The van der Waals surface area contributed by atoms with E-state index in [1.807, 2.05) is 48.5 Å². The van der Waals surface area contributed by atoms with Crippen molar-refractivity contribution in [3.05, 3.63) is 90.8 Å². The molecule has 1 fully saturated rings. The smallest absolute Gasteiger partial charge is 0.287 e. The Morgan fingerprint density at radius 3 is 2.61 bits per heavy atom. The molecular formula is C26H21F2N3O2. The lowest BCUT2D eigenvalue weighted by molar-refractivity contribution is -0.131. The lowest BCUT2D eigenvalue weighted by Gasteiger charge is -2.38. The van der Waals surface area contributed by atoms with E-state index in [0.29, 0.717) is 11.1 Å². The first-order chi connectivity index (χ1) is 16.0. The van der Waals surface area contributed by atoms with Gasteiger partial charge in [0.05, 0.1) is 12.1 Å². The molecule has 0 radical (unpaired) electrons. The number of amides is 1. The third-order valence-corrected chi connectivity index (χ3v) is 5.79. The fourth-order valence-electron chi connectivity index (χ4n) is 4.01. The van der Waals surface area contributed by atoms with Crippen LogP contribution in [0.4, 0.5) is 8.78 Å². The minimum atomic E-state index is -3.09. The predicted molar refractivity (Wildman–Crippen MR) is 121 cm³/mol. The Hall–Kier alpha value is -3.87. The first-order valence-electron chi connectivity index (χ1n) is 10.7. The van der Waals surface area contributed by atoms with E-state index in [0.717, 1.165) is 10.9 Å². The lowest BCUT2D eigenvalue weighted by atomic mass is 10.0. The molecule has 7 heteroatoms. The number of ether oxygens (including phenoxy) is 1. The van der Waals surface area contributed by atoms with Crippen molar-refractivity contribution < 1.29 is 18.3 Å². The number of rotatable bonds is 4. The number of likely N-dealkylation sites (tertiary alicyclic amines) is 1. The van der Waals surface area contributed by atoms with Crippen molar-refractivity contribution in [3.8, 4) is 17.0 Å². The van der Waals surface area contributed by atoms with Crippen LogP contribution in [-0.4, -0.2) is 45.9 Å². The summed E-state index contributed by atoms with van der Waals surface area (Å²) in [5.74, 6) is -3.38. The molecule has 0 saturated carbocycles. The van der Waals surface area contributed by atoms with Gasteiger partial charge in [-0.3, -0.25) is 9.78 Å². The molecule has 0 bridgehead atoms. The first-order valence-corrected chi connectivity index (χ1v) is 10.7. The molecule has 2 aromatic carbocycles. The van der Waals surface area contributed by atoms with Crippen molar-refractivity contribution in [1.29, 1.82) is 0 Å². The van der Waals surface area contributed by atoms with Gasteiger partial charge < -0.3 is 9.64 Å². The summed E-state index contributed by atoms with van der Waals surface area (Å²) in [7, 11) is 0. The highest BCUT2D eigenvalue weighted by atomic mass is 19.3. The second-order valence-electron chi connectivity index (χ2n) is 7.98. The molecule has 3 heterocycles. The second-order valence-corrected chi connectivity index (χ2v) is 7.98. The molecule has 1 saturated heterocycles. The van der Waals surface area contributed by atoms with Gasteiger partial charge in [-0.05, 0) is 23.8 Å².